The maximum atomic E-state index is 13.5. The SMILES string of the molecule is COCC1(C(=O)O)CCCN1S(=O)(=O)c1ccc(F)c(OC)c1. The molecule has 1 heterocycles. The van der Waals surface area contributed by atoms with E-state index in [0.717, 1.165) is 22.5 Å². The molecule has 1 aliphatic heterocycles. The Hall–Kier alpha value is -1.71. The summed E-state index contributed by atoms with van der Waals surface area (Å²) in [5.74, 6) is -2.19. The maximum Gasteiger partial charge on any atom is 0.327 e. The number of halogens is 1. The first kappa shape index (κ1) is 17.6. The Labute approximate surface area is 133 Å². The Morgan fingerprint density at radius 1 is 1.43 bits per heavy atom. The number of benzene rings is 1. The van der Waals surface area contributed by atoms with E-state index >= 15 is 0 Å². The average Bonchev–Trinajstić information content (AvgIpc) is 2.94. The predicted octanol–water partition coefficient (Wildman–Crippen LogP) is 1.09. The quantitative estimate of drug-likeness (QED) is 0.828. The zero-order valence-electron chi connectivity index (χ0n) is 12.8. The number of ether oxygens (including phenoxy) is 2. The maximum absolute atomic E-state index is 13.5. The molecule has 2 rings (SSSR count). The van der Waals surface area contributed by atoms with Crippen molar-refractivity contribution in [3.8, 4) is 5.75 Å². The van der Waals surface area contributed by atoms with Crippen molar-refractivity contribution in [1.29, 1.82) is 0 Å². The number of hydrogen-bond acceptors (Lipinski definition) is 5. The first-order valence-corrected chi connectivity index (χ1v) is 8.32. The number of rotatable bonds is 6. The Bertz CT molecular complexity index is 707. The average molecular weight is 347 g/mol. The monoisotopic (exact) mass is 347 g/mol. The van der Waals surface area contributed by atoms with E-state index < -0.39 is 27.3 Å². The lowest BCUT2D eigenvalue weighted by Crippen LogP contribution is -2.55. The minimum absolute atomic E-state index is 0.0533. The number of carboxylic acids is 1. The van der Waals surface area contributed by atoms with E-state index in [2.05, 4.69) is 0 Å². The van der Waals surface area contributed by atoms with Gasteiger partial charge in [0.25, 0.3) is 0 Å². The van der Waals surface area contributed by atoms with Gasteiger partial charge in [-0.3, -0.25) is 4.79 Å². The van der Waals surface area contributed by atoms with Crippen molar-refractivity contribution in [2.75, 3.05) is 27.4 Å². The molecule has 0 aliphatic carbocycles. The van der Waals surface area contributed by atoms with Gasteiger partial charge in [0, 0.05) is 19.7 Å². The van der Waals surface area contributed by atoms with Crippen molar-refractivity contribution < 1.29 is 32.2 Å². The number of sulfonamides is 1. The summed E-state index contributed by atoms with van der Waals surface area (Å²) < 4.78 is 49.8. The molecule has 1 aromatic rings. The largest absolute Gasteiger partial charge is 0.494 e. The van der Waals surface area contributed by atoms with Crippen molar-refractivity contribution in [2.24, 2.45) is 0 Å². The summed E-state index contributed by atoms with van der Waals surface area (Å²) in [7, 11) is -1.60. The molecule has 1 aromatic carbocycles. The van der Waals surface area contributed by atoms with Gasteiger partial charge in [-0.15, -0.1) is 0 Å². The van der Waals surface area contributed by atoms with Crippen LogP contribution in [0.4, 0.5) is 4.39 Å². The topological polar surface area (TPSA) is 93.1 Å². The standard InChI is InChI=1S/C14H18FNO6S/c1-21-9-14(13(17)18)6-3-7-16(14)23(19,20)10-4-5-11(15)12(8-10)22-2/h4-5,8H,3,6-7,9H2,1-2H3,(H,17,18). The minimum atomic E-state index is -4.14. The van der Waals surface area contributed by atoms with Crippen LogP contribution in [0, 0.1) is 5.82 Å². The third kappa shape index (κ3) is 2.91. The van der Waals surface area contributed by atoms with Gasteiger partial charge in [0.2, 0.25) is 10.0 Å². The van der Waals surface area contributed by atoms with Crippen molar-refractivity contribution in [1.82, 2.24) is 4.31 Å². The molecular weight excluding hydrogens is 329 g/mol. The van der Waals surface area contributed by atoms with E-state index in [1.165, 1.54) is 14.2 Å². The Kier molecular flexibility index (Phi) is 4.92. The van der Waals surface area contributed by atoms with Gasteiger partial charge in [-0.05, 0) is 25.0 Å². The van der Waals surface area contributed by atoms with Gasteiger partial charge in [-0.25, -0.2) is 12.8 Å². The van der Waals surface area contributed by atoms with Gasteiger partial charge in [-0.2, -0.15) is 4.31 Å². The van der Waals surface area contributed by atoms with Gasteiger partial charge in [0.1, 0.15) is 0 Å². The molecule has 0 amide bonds. The normalized spacial score (nSPS) is 22.2. The molecule has 7 nitrogen and oxygen atoms in total. The predicted molar refractivity (Wildman–Crippen MR) is 78.3 cm³/mol. The van der Waals surface area contributed by atoms with E-state index in [1.54, 1.807) is 0 Å². The molecule has 0 aromatic heterocycles. The summed E-state index contributed by atoms with van der Waals surface area (Å²) in [5, 5.41) is 9.55. The van der Waals surface area contributed by atoms with Crippen molar-refractivity contribution in [3.63, 3.8) is 0 Å². The Morgan fingerprint density at radius 2 is 2.13 bits per heavy atom. The summed E-state index contributed by atoms with van der Waals surface area (Å²) in [6.07, 6.45) is 0.543. The molecule has 1 unspecified atom stereocenters. The summed E-state index contributed by atoms with van der Waals surface area (Å²) in [6.45, 7) is -0.211. The van der Waals surface area contributed by atoms with Crippen LogP contribution in [-0.2, 0) is 19.6 Å². The number of hydrogen-bond donors (Lipinski definition) is 1. The second-order valence-electron chi connectivity index (χ2n) is 5.25. The fourth-order valence-corrected chi connectivity index (χ4v) is 4.59. The lowest BCUT2D eigenvalue weighted by atomic mass is 9.99. The zero-order chi connectivity index (χ0) is 17.3. The molecule has 0 saturated carbocycles. The second-order valence-corrected chi connectivity index (χ2v) is 7.11. The molecule has 1 N–H and O–H groups in total. The fraction of sp³-hybridized carbons (Fsp3) is 0.500. The Balaban J connectivity index is 2.51. The third-order valence-electron chi connectivity index (χ3n) is 3.92. The van der Waals surface area contributed by atoms with Gasteiger partial charge >= 0.3 is 5.97 Å². The lowest BCUT2D eigenvalue weighted by Gasteiger charge is -2.33. The van der Waals surface area contributed by atoms with Gasteiger partial charge in [-0.1, -0.05) is 0 Å². The molecule has 1 aliphatic rings. The van der Waals surface area contributed by atoms with E-state index in [9.17, 15) is 22.7 Å². The van der Waals surface area contributed by atoms with Crippen molar-refractivity contribution in [3.05, 3.63) is 24.0 Å². The van der Waals surface area contributed by atoms with Crippen LogP contribution in [0.1, 0.15) is 12.8 Å². The van der Waals surface area contributed by atoms with Crippen LogP contribution in [0.3, 0.4) is 0 Å². The molecule has 1 fully saturated rings. The van der Waals surface area contributed by atoms with E-state index in [-0.39, 0.29) is 30.2 Å². The highest BCUT2D eigenvalue weighted by molar-refractivity contribution is 7.89. The number of carbonyl (C=O) groups is 1. The number of nitrogens with zero attached hydrogens (tertiary/aromatic N) is 1. The molecule has 1 saturated heterocycles. The van der Waals surface area contributed by atoms with Crippen LogP contribution in [0.25, 0.3) is 0 Å². The first-order chi connectivity index (χ1) is 10.8. The number of methoxy groups -OCH3 is 2. The van der Waals surface area contributed by atoms with Crippen molar-refractivity contribution in [2.45, 2.75) is 23.3 Å². The summed E-state index contributed by atoms with van der Waals surface area (Å²) in [5.41, 5.74) is -1.66. The highest BCUT2D eigenvalue weighted by Gasteiger charge is 2.53. The van der Waals surface area contributed by atoms with Crippen LogP contribution in [0.5, 0.6) is 5.75 Å². The van der Waals surface area contributed by atoms with E-state index in [4.69, 9.17) is 9.47 Å². The van der Waals surface area contributed by atoms with Crippen molar-refractivity contribution >= 4 is 16.0 Å². The number of aliphatic carboxylic acids is 1. The molecule has 23 heavy (non-hydrogen) atoms. The van der Waals surface area contributed by atoms with Crippen LogP contribution in [0.15, 0.2) is 23.1 Å². The molecule has 0 bridgehead atoms. The van der Waals surface area contributed by atoms with E-state index in [1.807, 2.05) is 0 Å². The molecule has 0 radical (unpaired) electrons. The minimum Gasteiger partial charge on any atom is -0.494 e. The third-order valence-corrected chi connectivity index (χ3v) is 5.88. The fourth-order valence-electron chi connectivity index (χ4n) is 2.79. The highest BCUT2D eigenvalue weighted by atomic mass is 32.2. The van der Waals surface area contributed by atoms with Gasteiger partial charge in [0.05, 0.1) is 18.6 Å². The van der Waals surface area contributed by atoms with Gasteiger partial charge in [0.15, 0.2) is 17.1 Å². The van der Waals surface area contributed by atoms with Crippen LogP contribution in [0.2, 0.25) is 0 Å². The van der Waals surface area contributed by atoms with Gasteiger partial charge < -0.3 is 14.6 Å². The summed E-state index contributed by atoms with van der Waals surface area (Å²) in [6, 6.07) is 3.11. The second kappa shape index (κ2) is 6.42. The zero-order valence-corrected chi connectivity index (χ0v) is 13.6. The summed E-state index contributed by atoms with van der Waals surface area (Å²) >= 11 is 0. The Morgan fingerprint density at radius 3 is 2.70 bits per heavy atom. The summed E-state index contributed by atoms with van der Waals surface area (Å²) in [4.78, 5) is 11.5. The number of carboxylic acid groups (broad SMARTS) is 1. The highest BCUT2D eigenvalue weighted by Crippen LogP contribution is 2.36. The molecule has 128 valence electrons. The van der Waals surface area contributed by atoms with Crippen LogP contribution in [-0.4, -0.2) is 56.7 Å². The first-order valence-electron chi connectivity index (χ1n) is 6.88. The molecule has 0 spiro atoms. The van der Waals surface area contributed by atoms with Crippen LogP contribution < -0.4 is 4.74 Å². The smallest absolute Gasteiger partial charge is 0.327 e. The van der Waals surface area contributed by atoms with Crippen LogP contribution >= 0.6 is 0 Å². The molecule has 1 atom stereocenters. The molecule has 9 heteroatoms. The molecular formula is C14H18FNO6S. The van der Waals surface area contributed by atoms with E-state index in [0.29, 0.717) is 6.42 Å². The lowest BCUT2D eigenvalue weighted by molar-refractivity contribution is -0.150.